The Morgan fingerprint density at radius 3 is 2.86 bits per heavy atom. The van der Waals surface area contributed by atoms with Crippen LogP contribution in [0.5, 0.6) is 5.75 Å². The minimum atomic E-state index is -0.561. The second-order valence-electron chi connectivity index (χ2n) is 4.37. The Kier molecular flexibility index (Phi) is 3.11. The van der Waals surface area contributed by atoms with Crippen molar-refractivity contribution in [1.82, 2.24) is 15.0 Å². The first-order valence-electron chi connectivity index (χ1n) is 6.14. The van der Waals surface area contributed by atoms with E-state index in [0.717, 1.165) is 17.1 Å². The average molecular weight is 285 g/mol. The van der Waals surface area contributed by atoms with Crippen molar-refractivity contribution < 1.29 is 10.0 Å². The van der Waals surface area contributed by atoms with Crippen LogP contribution in [-0.4, -0.2) is 25.0 Å². The summed E-state index contributed by atoms with van der Waals surface area (Å²) in [4.78, 5) is 10.0. The SMILES string of the molecule is O=[N+]([O-])c1ccc(NCn2nnc3ccccc32)c(O)c1. The van der Waals surface area contributed by atoms with Crippen LogP contribution < -0.4 is 5.32 Å². The molecule has 8 heteroatoms. The first-order valence-corrected chi connectivity index (χ1v) is 6.14. The largest absolute Gasteiger partial charge is 0.506 e. The fourth-order valence-electron chi connectivity index (χ4n) is 1.98. The van der Waals surface area contributed by atoms with Gasteiger partial charge in [0.15, 0.2) is 0 Å². The number of nitrogens with zero attached hydrogens (tertiary/aromatic N) is 4. The number of nitro groups is 1. The molecule has 0 bridgehead atoms. The molecule has 21 heavy (non-hydrogen) atoms. The van der Waals surface area contributed by atoms with Gasteiger partial charge in [-0.25, -0.2) is 4.68 Å². The Balaban J connectivity index is 1.80. The molecule has 0 aliphatic carbocycles. The summed E-state index contributed by atoms with van der Waals surface area (Å²) in [7, 11) is 0. The number of rotatable bonds is 4. The quantitative estimate of drug-likeness (QED) is 0.432. The van der Waals surface area contributed by atoms with E-state index in [1.54, 1.807) is 4.68 Å². The van der Waals surface area contributed by atoms with Gasteiger partial charge in [0, 0.05) is 6.07 Å². The molecule has 0 atom stereocenters. The van der Waals surface area contributed by atoms with Gasteiger partial charge in [-0.15, -0.1) is 5.10 Å². The minimum Gasteiger partial charge on any atom is -0.506 e. The Morgan fingerprint density at radius 2 is 2.10 bits per heavy atom. The van der Waals surface area contributed by atoms with Crippen molar-refractivity contribution in [3.8, 4) is 5.75 Å². The highest BCUT2D eigenvalue weighted by Gasteiger charge is 2.10. The van der Waals surface area contributed by atoms with Gasteiger partial charge in [-0.05, 0) is 18.2 Å². The smallest absolute Gasteiger partial charge is 0.273 e. The predicted octanol–water partition coefficient (Wildman–Crippen LogP) is 2.11. The molecule has 106 valence electrons. The lowest BCUT2D eigenvalue weighted by atomic mass is 10.2. The van der Waals surface area contributed by atoms with Crippen LogP contribution in [0.15, 0.2) is 42.5 Å². The van der Waals surface area contributed by atoms with E-state index >= 15 is 0 Å². The lowest BCUT2D eigenvalue weighted by molar-refractivity contribution is -0.384. The van der Waals surface area contributed by atoms with E-state index in [-0.39, 0.29) is 18.1 Å². The number of hydrogen-bond donors (Lipinski definition) is 2. The first kappa shape index (κ1) is 12.9. The molecule has 1 aromatic heterocycles. The Morgan fingerprint density at radius 1 is 1.29 bits per heavy atom. The zero-order valence-electron chi connectivity index (χ0n) is 10.8. The van der Waals surface area contributed by atoms with Crippen LogP contribution >= 0.6 is 0 Å². The molecule has 0 aliphatic rings. The maximum atomic E-state index is 10.6. The zero-order chi connectivity index (χ0) is 14.8. The minimum absolute atomic E-state index is 0.163. The molecule has 3 rings (SSSR count). The van der Waals surface area contributed by atoms with Gasteiger partial charge in [0.05, 0.1) is 22.2 Å². The van der Waals surface area contributed by atoms with Gasteiger partial charge >= 0.3 is 0 Å². The van der Waals surface area contributed by atoms with E-state index in [0.29, 0.717) is 5.69 Å². The third-order valence-electron chi connectivity index (χ3n) is 3.03. The molecular formula is C13H11N5O3. The predicted molar refractivity (Wildman–Crippen MR) is 75.9 cm³/mol. The summed E-state index contributed by atoms with van der Waals surface area (Å²) in [6.07, 6.45) is 0. The number of aromatic nitrogens is 3. The van der Waals surface area contributed by atoms with Crippen LogP contribution in [-0.2, 0) is 6.67 Å². The fourth-order valence-corrected chi connectivity index (χ4v) is 1.98. The van der Waals surface area contributed by atoms with Crippen molar-refractivity contribution in [1.29, 1.82) is 0 Å². The number of benzene rings is 2. The third kappa shape index (κ3) is 2.46. The summed E-state index contributed by atoms with van der Waals surface area (Å²) in [5.74, 6) is -0.186. The number of para-hydroxylation sites is 1. The van der Waals surface area contributed by atoms with Gasteiger partial charge in [0.25, 0.3) is 5.69 Å². The Bertz CT molecular complexity index is 814. The van der Waals surface area contributed by atoms with Gasteiger partial charge in [-0.3, -0.25) is 10.1 Å². The molecule has 0 spiro atoms. The van der Waals surface area contributed by atoms with E-state index in [1.807, 2.05) is 24.3 Å². The molecule has 0 amide bonds. The second kappa shape index (κ2) is 5.08. The van der Waals surface area contributed by atoms with Gasteiger partial charge in [-0.2, -0.15) is 0 Å². The number of anilines is 1. The van der Waals surface area contributed by atoms with Crippen molar-refractivity contribution in [2.45, 2.75) is 6.67 Å². The number of phenolic OH excluding ortho intramolecular Hbond substituents is 1. The third-order valence-corrected chi connectivity index (χ3v) is 3.03. The molecule has 2 N–H and O–H groups in total. The summed E-state index contributed by atoms with van der Waals surface area (Å²) in [5.41, 5.74) is 1.85. The van der Waals surface area contributed by atoms with E-state index in [4.69, 9.17) is 0 Å². The first-order chi connectivity index (χ1) is 10.1. The molecule has 0 unspecified atom stereocenters. The van der Waals surface area contributed by atoms with E-state index in [2.05, 4.69) is 15.6 Å². The van der Waals surface area contributed by atoms with Crippen molar-refractivity contribution in [2.75, 3.05) is 5.32 Å². The maximum Gasteiger partial charge on any atom is 0.273 e. The summed E-state index contributed by atoms with van der Waals surface area (Å²) in [6.45, 7) is 0.284. The van der Waals surface area contributed by atoms with E-state index < -0.39 is 4.92 Å². The van der Waals surface area contributed by atoms with Gasteiger partial charge in [-0.1, -0.05) is 17.3 Å². The van der Waals surface area contributed by atoms with Crippen LogP contribution in [0.4, 0.5) is 11.4 Å². The van der Waals surface area contributed by atoms with Gasteiger partial charge < -0.3 is 10.4 Å². The monoisotopic (exact) mass is 285 g/mol. The number of nitrogens with one attached hydrogen (secondary N) is 1. The fraction of sp³-hybridized carbons (Fsp3) is 0.0769. The lowest BCUT2D eigenvalue weighted by Gasteiger charge is -2.08. The Labute approximate surface area is 118 Å². The van der Waals surface area contributed by atoms with Crippen molar-refractivity contribution in [2.24, 2.45) is 0 Å². The van der Waals surface area contributed by atoms with Crippen LogP contribution in [0.1, 0.15) is 0 Å². The average Bonchev–Trinajstić information content (AvgIpc) is 2.89. The van der Waals surface area contributed by atoms with Crippen molar-refractivity contribution >= 4 is 22.4 Å². The molecule has 0 saturated heterocycles. The summed E-state index contributed by atoms with van der Waals surface area (Å²) < 4.78 is 1.64. The molecule has 1 heterocycles. The standard InChI is InChI=1S/C13H11N5O3/c19-13-7-9(18(20)21)5-6-11(13)14-8-17-12-4-2-1-3-10(12)15-16-17/h1-7,14,19H,8H2. The van der Waals surface area contributed by atoms with Crippen LogP contribution in [0.25, 0.3) is 11.0 Å². The summed E-state index contributed by atoms with van der Waals surface area (Å²) in [6, 6.07) is 11.4. The van der Waals surface area contributed by atoms with Crippen molar-refractivity contribution in [3.63, 3.8) is 0 Å². The van der Waals surface area contributed by atoms with E-state index in [9.17, 15) is 15.2 Å². The topological polar surface area (TPSA) is 106 Å². The number of phenols is 1. The number of nitro benzene ring substituents is 1. The van der Waals surface area contributed by atoms with Gasteiger partial charge in [0.1, 0.15) is 17.9 Å². The molecule has 3 aromatic rings. The Hall–Kier alpha value is -3.16. The lowest BCUT2D eigenvalue weighted by Crippen LogP contribution is -2.09. The number of non-ortho nitro benzene ring substituents is 1. The summed E-state index contributed by atoms with van der Waals surface area (Å²) >= 11 is 0. The molecule has 0 saturated carbocycles. The number of fused-ring (bicyclic) bond motifs is 1. The molecular weight excluding hydrogens is 274 g/mol. The molecule has 2 aromatic carbocycles. The van der Waals surface area contributed by atoms with Crippen LogP contribution in [0.2, 0.25) is 0 Å². The number of aromatic hydroxyl groups is 1. The highest BCUT2D eigenvalue weighted by Crippen LogP contribution is 2.27. The second-order valence-corrected chi connectivity index (χ2v) is 4.37. The highest BCUT2D eigenvalue weighted by molar-refractivity contribution is 5.74. The zero-order valence-corrected chi connectivity index (χ0v) is 10.8. The van der Waals surface area contributed by atoms with Crippen molar-refractivity contribution in [3.05, 3.63) is 52.6 Å². The van der Waals surface area contributed by atoms with Crippen LogP contribution in [0.3, 0.4) is 0 Å². The molecule has 0 radical (unpaired) electrons. The highest BCUT2D eigenvalue weighted by atomic mass is 16.6. The molecule has 0 aliphatic heterocycles. The van der Waals surface area contributed by atoms with E-state index in [1.165, 1.54) is 12.1 Å². The molecule has 0 fully saturated rings. The van der Waals surface area contributed by atoms with Crippen LogP contribution in [0, 0.1) is 10.1 Å². The summed E-state index contributed by atoms with van der Waals surface area (Å²) in [5, 5.41) is 31.4. The van der Waals surface area contributed by atoms with Gasteiger partial charge in [0.2, 0.25) is 0 Å². The normalized spacial score (nSPS) is 10.7. The maximum absolute atomic E-state index is 10.6. The number of hydrogen-bond acceptors (Lipinski definition) is 6. The molecule has 8 nitrogen and oxygen atoms in total.